The maximum Gasteiger partial charge on any atom is 0.303 e. The maximum atomic E-state index is 11.9. The molecule has 0 spiro atoms. The number of alkyl halides is 2. The molecule has 0 bridgehead atoms. The molecule has 0 aromatic carbocycles. The Morgan fingerprint density at radius 3 is 1.88 bits per heavy atom. The predicted molar refractivity (Wildman–Crippen MR) is 63.8 cm³/mol. The zero-order chi connectivity index (χ0) is 13.0. The minimum absolute atomic E-state index is 0.183. The maximum absolute atomic E-state index is 11.9. The van der Waals surface area contributed by atoms with Gasteiger partial charge in [-0.1, -0.05) is 0 Å². The summed E-state index contributed by atoms with van der Waals surface area (Å²) in [4.78, 5) is 22.8. The first kappa shape index (κ1) is 15.5. The van der Waals surface area contributed by atoms with Gasteiger partial charge in [0.15, 0.2) is 0 Å². The normalized spacial score (nSPS) is 12.1. The average molecular weight is 270 g/mol. The van der Waals surface area contributed by atoms with Crippen LogP contribution >= 0.6 is 23.2 Å². The van der Waals surface area contributed by atoms with E-state index in [1.165, 1.54) is 6.92 Å². The second kappa shape index (κ2) is 5.73. The molecule has 0 aromatic rings. The Labute approximate surface area is 106 Å². The molecule has 0 aliphatic carbocycles. The fraction of sp³-hybridized carbons (Fsp3) is 0.800. The summed E-state index contributed by atoms with van der Waals surface area (Å²) < 4.78 is 4.93. The molecule has 16 heavy (non-hydrogen) atoms. The number of carbonyl (C=O) groups excluding carboxylic acids is 2. The molecule has 0 rings (SSSR count). The summed E-state index contributed by atoms with van der Waals surface area (Å²) in [6.45, 7) is 6.64. The van der Waals surface area contributed by atoms with Crippen molar-refractivity contribution in [2.24, 2.45) is 0 Å². The van der Waals surface area contributed by atoms with Gasteiger partial charge in [-0.25, -0.2) is 0 Å². The predicted octanol–water partition coefficient (Wildman–Crippen LogP) is 1.68. The minimum atomic E-state index is -1.50. The number of hydrogen-bond acceptors (Lipinski definition) is 3. The molecule has 0 aromatic heterocycles. The third kappa shape index (κ3) is 4.58. The van der Waals surface area contributed by atoms with E-state index in [-0.39, 0.29) is 11.8 Å². The van der Waals surface area contributed by atoms with E-state index in [2.05, 4.69) is 5.32 Å². The topological polar surface area (TPSA) is 55.4 Å². The average Bonchev–Trinajstić information content (AvgIpc) is 2.11. The SMILES string of the molecule is CC(=O)OC(CCl)(CCl)C(=O)NC(C)(C)C. The van der Waals surface area contributed by atoms with E-state index in [9.17, 15) is 9.59 Å². The number of amides is 1. The van der Waals surface area contributed by atoms with Crippen LogP contribution in [0.4, 0.5) is 0 Å². The summed E-state index contributed by atoms with van der Waals surface area (Å²) in [6, 6.07) is 0. The van der Waals surface area contributed by atoms with Crippen LogP contribution in [0.2, 0.25) is 0 Å². The Hall–Kier alpha value is -0.480. The number of esters is 1. The number of nitrogens with one attached hydrogen (secondary N) is 1. The molecule has 94 valence electrons. The number of hydrogen-bond donors (Lipinski definition) is 1. The number of ether oxygens (including phenoxy) is 1. The van der Waals surface area contributed by atoms with Gasteiger partial charge >= 0.3 is 5.97 Å². The molecule has 1 amide bonds. The number of rotatable bonds is 4. The molecule has 0 radical (unpaired) electrons. The fourth-order valence-electron chi connectivity index (χ4n) is 0.988. The van der Waals surface area contributed by atoms with Crippen molar-refractivity contribution in [1.82, 2.24) is 5.32 Å². The van der Waals surface area contributed by atoms with Crippen molar-refractivity contribution in [3.63, 3.8) is 0 Å². The summed E-state index contributed by atoms with van der Waals surface area (Å²) in [6.07, 6.45) is 0. The van der Waals surface area contributed by atoms with Crippen molar-refractivity contribution in [2.45, 2.75) is 38.8 Å². The Balaban J connectivity index is 4.89. The van der Waals surface area contributed by atoms with Gasteiger partial charge in [0.1, 0.15) is 0 Å². The molecule has 0 atom stereocenters. The van der Waals surface area contributed by atoms with Crippen LogP contribution in [-0.4, -0.2) is 34.8 Å². The van der Waals surface area contributed by atoms with Crippen molar-refractivity contribution in [3.05, 3.63) is 0 Å². The second-order valence-corrected chi connectivity index (χ2v) is 5.09. The van der Waals surface area contributed by atoms with E-state index in [1.54, 1.807) is 0 Å². The molecule has 1 N–H and O–H groups in total. The van der Waals surface area contributed by atoms with E-state index in [1.807, 2.05) is 20.8 Å². The molecule has 4 nitrogen and oxygen atoms in total. The van der Waals surface area contributed by atoms with Crippen LogP contribution in [0.5, 0.6) is 0 Å². The van der Waals surface area contributed by atoms with Gasteiger partial charge in [-0.3, -0.25) is 9.59 Å². The van der Waals surface area contributed by atoms with Gasteiger partial charge in [0.25, 0.3) is 5.91 Å². The first-order valence-corrected chi connectivity index (χ1v) is 5.88. The Morgan fingerprint density at radius 2 is 1.62 bits per heavy atom. The van der Waals surface area contributed by atoms with Crippen LogP contribution in [-0.2, 0) is 14.3 Å². The molecular formula is C10H17Cl2NO3. The second-order valence-electron chi connectivity index (χ2n) is 4.56. The van der Waals surface area contributed by atoms with Crippen LogP contribution in [0.25, 0.3) is 0 Å². The minimum Gasteiger partial charge on any atom is -0.447 e. The summed E-state index contributed by atoms with van der Waals surface area (Å²) >= 11 is 11.3. The van der Waals surface area contributed by atoms with Crippen LogP contribution in [0, 0.1) is 0 Å². The first-order chi connectivity index (χ1) is 7.17. The van der Waals surface area contributed by atoms with Gasteiger partial charge in [-0.15, -0.1) is 23.2 Å². The zero-order valence-electron chi connectivity index (χ0n) is 9.89. The summed E-state index contributed by atoms with van der Waals surface area (Å²) in [7, 11) is 0. The molecule has 0 saturated carbocycles. The Morgan fingerprint density at radius 1 is 1.19 bits per heavy atom. The number of carbonyl (C=O) groups is 2. The highest BCUT2D eigenvalue weighted by Gasteiger charge is 2.41. The van der Waals surface area contributed by atoms with Crippen LogP contribution in [0.1, 0.15) is 27.7 Å². The fourth-order valence-corrected chi connectivity index (χ4v) is 1.63. The molecular weight excluding hydrogens is 253 g/mol. The monoisotopic (exact) mass is 269 g/mol. The molecule has 0 heterocycles. The Kier molecular flexibility index (Phi) is 5.56. The zero-order valence-corrected chi connectivity index (χ0v) is 11.4. The van der Waals surface area contributed by atoms with Gasteiger partial charge in [0.05, 0.1) is 11.8 Å². The van der Waals surface area contributed by atoms with Crippen molar-refractivity contribution in [3.8, 4) is 0 Å². The van der Waals surface area contributed by atoms with Crippen molar-refractivity contribution >= 4 is 35.1 Å². The highest BCUT2D eigenvalue weighted by molar-refractivity contribution is 6.25. The molecule has 0 aliphatic rings. The molecule has 0 unspecified atom stereocenters. The van der Waals surface area contributed by atoms with Crippen molar-refractivity contribution in [2.75, 3.05) is 11.8 Å². The summed E-state index contributed by atoms with van der Waals surface area (Å²) in [5.41, 5.74) is -1.94. The van der Waals surface area contributed by atoms with Gasteiger partial charge in [-0.05, 0) is 20.8 Å². The van der Waals surface area contributed by atoms with Crippen LogP contribution in [0.3, 0.4) is 0 Å². The van der Waals surface area contributed by atoms with Crippen LogP contribution < -0.4 is 5.32 Å². The van der Waals surface area contributed by atoms with E-state index < -0.39 is 23.0 Å². The largest absolute Gasteiger partial charge is 0.447 e. The van der Waals surface area contributed by atoms with E-state index in [0.717, 1.165) is 0 Å². The van der Waals surface area contributed by atoms with Crippen molar-refractivity contribution in [1.29, 1.82) is 0 Å². The third-order valence-electron chi connectivity index (χ3n) is 1.67. The van der Waals surface area contributed by atoms with E-state index >= 15 is 0 Å². The first-order valence-electron chi connectivity index (χ1n) is 4.81. The Bertz CT molecular complexity index is 270. The standard InChI is InChI=1S/C10H17Cl2NO3/c1-7(14)16-10(5-11,6-12)8(15)13-9(2,3)4/h5-6H2,1-4H3,(H,13,15). The summed E-state index contributed by atoms with van der Waals surface area (Å²) in [5.74, 6) is -1.44. The lowest BCUT2D eigenvalue weighted by molar-refractivity contribution is -0.162. The number of halogens is 2. The lowest BCUT2D eigenvalue weighted by atomic mass is 10.0. The summed E-state index contributed by atoms with van der Waals surface area (Å²) in [5, 5.41) is 2.68. The smallest absolute Gasteiger partial charge is 0.303 e. The van der Waals surface area contributed by atoms with Crippen molar-refractivity contribution < 1.29 is 14.3 Å². The molecule has 6 heteroatoms. The molecule has 0 fully saturated rings. The molecule has 0 saturated heterocycles. The lowest BCUT2D eigenvalue weighted by Gasteiger charge is -2.31. The lowest BCUT2D eigenvalue weighted by Crippen LogP contribution is -2.57. The van der Waals surface area contributed by atoms with Gasteiger partial charge in [0, 0.05) is 12.5 Å². The van der Waals surface area contributed by atoms with Gasteiger partial charge in [0.2, 0.25) is 5.60 Å². The van der Waals surface area contributed by atoms with Gasteiger partial charge in [-0.2, -0.15) is 0 Å². The van der Waals surface area contributed by atoms with Gasteiger partial charge < -0.3 is 10.1 Å². The quantitative estimate of drug-likeness (QED) is 0.624. The van der Waals surface area contributed by atoms with E-state index in [0.29, 0.717) is 0 Å². The van der Waals surface area contributed by atoms with E-state index in [4.69, 9.17) is 27.9 Å². The van der Waals surface area contributed by atoms with Crippen LogP contribution in [0.15, 0.2) is 0 Å². The highest BCUT2D eigenvalue weighted by atomic mass is 35.5. The third-order valence-corrected chi connectivity index (χ3v) is 2.54. The highest BCUT2D eigenvalue weighted by Crippen LogP contribution is 2.18. The molecule has 0 aliphatic heterocycles.